The molecule has 0 aliphatic rings. The first-order chi connectivity index (χ1) is 10.2. The number of guanidine groups is 1. The van der Waals surface area contributed by atoms with E-state index in [0.29, 0.717) is 0 Å². The van der Waals surface area contributed by atoms with Gasteiger partial charge < -0.3 is 10.2 Å². The van der Waals surface area contributed by atoms with Gasteiger partial charge in [0.25, 0.3) is 0 Å². The van der Waals surface area contributed by atoms with E-state index in [2.05, 4.69) is 36.6 Å². The molecule has 0 bridgehead atoms. The molecule has 6 heteroatoms. The van der Waals surface area contributed by atoms with Gasteiger partial charge in [-0.05, 0) is 25.0 Å². The third-order valence-corrected chi connectivity index (χ3v) is 3.88. The maximum Gasteiger partial charge on any atom is 0.193 e. The summed E-state index contributed by atoms with van der Waals surface area (Å²) in [5.74, 6) is 0.879. The van der Waals surface area contributed by atoms with Crippen molar-refractivity contribution in [3.63, 3.8) is 0 Å². The normalized spacial score (nSPS) is 11.5. The first-order valence-corrected chi connectivity index (χ1v) is 7.78. The molecule has 112 valence electrons. The number of aryl methyl sites for hydroxylation is 1. The highest BCUT2D eigenvalue weighted by molar-refractivity contribution is 7.09. The lowest BCUT2D eigenvalue weighted by Gasteiger charge is -2.21. The fourth-order valence-corrected chi connectivity index (χ4v) is 2.65. The van der Waals surface area contributed by atoms with Crippen molar-refractivity contribution in [1.82, 2.24) is 20.2 Å². The minimum atomic E-state index is 0.761. The second kappa shape index (κ2) is 7.73. The van der Waals surface area contributed by atoms with Gasteiger partial charge in [0.1, 0.15) is 0 Å². The maximum absolute atomic E-state index is 4.48. The average Bonchev–Trinajstić information content (AvgIpc) is 2.89. The van der Waals surface area contributed by atoms with Gasteiger partial charge >= 0.3 is 0 Å². The molecule has 1 N–H and O–H groups in total. The number of rotatable bonds is 5. The molecule has 0 fully saturated rings. The van der Waals surface area contributed by atoms with Gasteiger partial charge in [0, 0.05) is 38.4 Å². The Morgan fingerprint density at radius 1 is 1.48 bits per heavy atom. The van der Waals surface area contributed by atoms with E-state index in [0.717, 1.165) is 36.2 Å². The van der Waals surface area contributed by atoms with Crippen LogP contribution >= 0.6 is 11.3 Å². The Morgan fingerprint density at radius 2 is 2.33 bits per heavy atom. The highest BCUT2D eigenvalue weighted by atomic mass is 32.1. The summed E-state index contributed by atoms with van der Waals surface area (Å²) in [6.45, 7) is 3.62. The molecule has 2 aromatic rings. The minimum absolute atomic E-state index is 0.761. The van der Waals surface area contributed by atoms with Crippen LogP contribution < -0.4 is 5.32 Å². The monoisotopic (exact) mass is 303 g/mol. The van der Waals surface area contributed by atoms with E-state index < -0.39 is 0 Å². The number of hydrogen-bond acceptors (Lipinski definition) is 4. The Hall–Kier alpha value is -1.95. The van der Waals surface area contributed by atoms with Crippen LogP contribution in [0.4, 0.5) is 0 Å². The van der Waals surface area contributed by atoms with Gasteiger partial charge in [-0.2, -0.15) is 0 Å². The zero-order valence-electron chi connectivity index (χ0n) is 12.7. The highest BCUT2D eigenvalue weighted by Gasteiger charge is 2.08. The minimum Gasteiger partial charge on any atom is -0.356 e. The lowest BCUT2D eigenvalue weighted by molar-refractivity contribution is 0.471. The van der Waals surface area contributed by atoms with Crippen LogP contribution in [0.5, 0.6) is 0 Å². The van der Waals surface area contributed by atoms with Crippen molar-refractivity contribution < 1.29 is 0 Å². The highest BCUT2D eigenvalue weighted by Crippen LogP contribution is 2.09. The lowest BCUT2D eigenvalue weighted by Crippen LogP contribution is -2.39. The molecule has 0 amide bonds. The molecule has 5 nitrogen and oxygen atoms in total. The zero-order chi connectivity index (χ0) is 15.1. The number of nitrogens with one attached hydrogen (secondary N) is 1. The van der Waals surface area contributed by atoms with Gasteiger partial charge in [0.05, 0.1) is 17.2 Å². The van der Waals surface area contributed by atoms with Gasteiger partial charge in [-0.25, -0.2) is 4.98 Å². The second-order valence-corrected chi connectivity index (χ2v) is 5.86. The molecule has 2 heterocycles. The number of aromatic nitrogens is 2. The zero-order valence-corrected chi connectivity index (χ0v) is 13.5. The molecule has 21 heavy (non-hydrogen) atoms. The van der Waals surface area contributed by atoms with E-state index >= 15 is 0 Å². The van der Waals surface area contributed by atoms with E-state index in [-0.39, 0.29) is 0 Å². The summed E-state index contributed by atoms with van der Waals surface area (Å²) < 4.78 is 0. The van der Waals surface area contributed by atoms with Crippen LogP contribution in [-0.2, 0) is 13.0 Å². The summed E-state index contributed by atoms with van der Waals surface area (Å²) in [5.41, 5.74) is 2.30. The van der Waals surface area contributed by atoms with Crippen molar-refractivity contribution >= 4 is 17.3 Å². The Labute approximate surface area is 129 Å². The van der Waals surface area contributed by atoms with Crippen molar-refractivity contribution in [2.45, 2.75) is 19.9 Å². The Bertz CT molecular complexity index is 579. The van der Waals surface area contributed by atoms with Crippen LogP contribution in [-0.4, -0.2) is 41.5 Å². The molecule has 0 aliphatic heterocycles. The van der Waals surface area contributed by atoms with E-state index in [4.69, 9.17) is 0 Å². The quantitative estimate of drug-likeness (QED) is 0.679. The van der Waals surface area contributed by atoms with Gasteiger partial charge in [0.15, 0.2) is 5.96 Å². The van der Waals surface area contributed by atoms with Crippen LogP contribution in [0.15, 0.2) is 34.9 Å². The fraction of sp³-hybridized carbons (Fsp3) is 0.400. The summed E-state index contributed by atoms with van der Waals surface area (Å²) in [4.78, 5) is 15.0. The van der Waals surface area contributed by atoms with Crippen molar-refractivity contribution in [2.75, 3.05) is 20.6 Å². The molecule has 0 unspecified atom stereocenters. The smallest absolute Gasteiger partial charge is 0.193 e. The number of nitrogens with zero attached hydrogens (tertiary/aromatic N) is 4. The first kappa shape index (κ1) is 15.4. The van der Waals surface area contributed by atoms with E-state index in [1.165, 1.54) is 5.56 Å². The molecule has 2 aromatic heterocycles. The van der Waals surface area contributed by atoms with Crippen molar-refractivity contribution in [3.05, 3.63) is 46.2 Å². The van der Waals surface area contributed by atoms with Crippen LogP contribution in [0.25, 0.3) is 0 Å². The van der Waals surface area contributed by atoms with Crippen LogP contribution in [0.2, 0.25) is 0 Å². The summed E-state index contributed by atoms with van der Waals surface area (Å²) in [6.07, 6.45) is 4.61. The number of hydrogen-bond donors (Lipinski definition) is 1. The molecular weight excluding hydrogens is 282 g/mol. The molecule has 0 aromatic carbocycles. The summed E-state index contributed by atoms with van der Waals surface area (Å²) >= 11 is 1.68. The fourth-order valence-electron chi connectivity index (χ4n) is 2.05. The third kappa shape index (κ3) is 4.82. The second-order valence-electron chi connectivity index (χ2n) is 4.80. The van der Waals surface area contributed by atoms with Crippen LogP contribution in [0, 0.1) is 6.92 Å². The third-order valence-electron chi connectivity index (χ3n) is 3.06. The van der Waals surface area contributed by atoms with Gasteiger partial charge in [-0.1, -0.05) is 6.07 Å². The van der Waals surface area contributed by atoms with E-state index in [1.807, 2.05) is 26.2 Å². The van der Waals surface area contributed by atoms with Crippen LogP contribution in [0.3, 0.4) is 0 Å². The Kier molecular flexibility index (Phi) is 5.68. The van der Waals surface area contributed by atoms with Gasteiger partial charge in [-0.15, -0.1) is 11.3 Å². The predicted octanol–water partition coefficient (Wildman–Crippen LogP) is 2.10. The standard InChI is InChI=1S/C15H21N5S/c1-12-19-14(11-21-12)10-20(3)15(16-2)18-8-6-13-5-4-7-17-9-13/h4-5,7,9,11H,6,8,10H2,1-3H3,(H,16,18). The van der Waals surface area contributed by atoms with Crippen molar-refractivity contribution in [1.29, 1.82) is 0 Å². The van der Waals surface area contributed by atoms with Crippen molar-refractivity contribution in [3.8, 4) is 0 Å². The van der Waals surface area contributed by atoms with Crippen LogP contribution in [0.1, 0.15) is 16.3 Å². The number of thiazole rings is 1. The average molecular weight is 303 g/mol. The lowest BCUT2D eigenvalue weighted by atomic mass is 10.2. The summed E-state index contributed by atoms with van der Waals surface area (Å²) in [7, 11) is 3.82. The first-order valence-electron chi connectivity index (χ1n) is 6.90. The molecule has 0 saturated carbocycles. The summed E-state index contributed by atoms with van der Waals surface area (Å²) in [5, 5.41) is 6.56. The molecule has 0 atom stereocenters. The topological polar surface area (TPSA) is 53.4 Å². The summed E-state index contributed by atoms with van der Waals surface area (Å²) in [6, 6.07) is 4.04. The predicted molar refractivity (Wildman–Crippen MR) is 87.6 cm³/mol. The van der Waals surface area contributed by atoms with Crippen molar-refractivity contribution in [2.24, 2.45) is 4.99 Å². The molecule has 0 radical (unpaired) electrons. The van der Waals surface area contributed by atoms with Gasteiger partial charge in [0.2, 0.25) is 0 Å². The van der Waals surface area contributed by atoms with E-state index in [9.17, 15) is 0 Å². The number of pyridine rings is 1. The number of aliphatic imine (C=N–C) groups is 1. The SMILES string of the molecule is CN=C(NCCc1cccnc1)N(C)Cc1csc(C)n1. The molecule has 0 aliphatic carbocycles. The molecule has 0 saturated heterocycles. The Balaban J connectivity index is 1.82. The molecular formula is C15H21N5S. The van der Waals surface area contributed by atoms with Gasteiger partial charge in [-0.3, -0.25) is 9.98 Å². The Morgan fingerprint density at radius 3 is 2.95 bits per heavy atom. The maximum atomic E-state index is 4.48. The molecule has 0 spiro atoms. The largest absolute Gasteiger partial charge is 0.356 e. The molecule has 2 rings (SSSR count). The van der Waals surface area contributed by atoms with E-state index in [1.54, 1.807) is 24.6 Å².